The van der Waals surface area contributed by atoms with Gasteiger partial charge < -0.3 is 10.6 Å². The van der Waals surface area contributed by atoms with Crippen molar-refractivity contribution in [3.63, 3.8) is 0 Å². The second-order valence-corrected chi connectivity index (χ2v) is 7.22. The van der Waals surface area contributed by atoms with Gasteiger partial charge in [0, 0.05) is 30.1 Å². The summed E-state index contributed by atoms with van der Waals surface area (Å²) in [6, 6.07) is 7.06. The Bertz CT molecular complexity index is 712. The van der Waals surface area contributed by atoms with Gasteiger partial charge >= 0.3 is 0 Å². The van der Waals surface area contributed by atoms with Crippen molar-refractivity contribution >= 4 is 41.3 Å². The third-order valence-corrected chi connectivity index (χ3v) is 5.11. The molecule has 0 unspecified atom stereocenters. The Labute approximate surface area is 163 Å². The van der Waals surface area contributed by atoms with Crippen LogP contribution in [0.2, 0.25) is 0 Å². The van der Waals surface area contributed by atoms with Crippen LogP contribution < -0.4 is 10.6 Å². The fraction of sp³-hybridized carbons (Fsp3) is 0.412. The molecule has 7 heteroatoms. The van der Waals surface area contributed by atoms with Crippen LogP contribution in [0.4, 0.5) is 4.39 Å². The Morgan fingerprint density at radius 1 is 1.33 bits per heavy atom. The SMILES string of the molecule is CN=C(NCc1ncc(C)s1)NCC1(c2ccccc2F)CC1.I. The van der Waals surface area contributed by atoms with Crippen LogP contribution in [0.5, 0.6) is 0 Å². The normalized spacial score (nSPS) is 15.5. The molecule has 0 bridgehead atoms. The second kappa shape index (κ2) is 8.24. The van der Waals surface area contributed by atoms with E-state index in [4.69, 9.17) is 0 Å². The van der Waals surface area contributed by atoms with Crippen molar-refractivity contribution in [1.29, 1.82) is 0 Å². The number of hydrogen-bond acceptors (Lipinski definition) is 3. The molecule has 1 aliphatic rings. The lowest BCUT2D eigenvalue weighted by Crippen LogP contribution is -2.41. The van der Waals surface area contributed by atoms with E-state index in [2.05, 4.69) is 20.6 Å². The molecule has 2 N–H and O–H groups in total. The molecule has 0 amide bonds. The first-order valence-electron chi connectivity index (χ1n) is 7.74. The Morgan fingerprint density at radius 2 is 2.08 bits per heavy atom. The summed E-state index contributed by atoms with van der Waals surface area (Å²) in [4.78, 5) is 9.76. The minimum Gasteiger partial charge on any atom is -0.356 e. The van der Waals surface area contributed by atoms with E-state index in [1.54, 1.807) is 24.5 Å². The summed E-state index contributed by atoms with van der Waals surface area (Å²) < 4.78 is 14.0. The fourth-order valence-corrected chi connectivity index (χ4v) is 3.43. The highest BCUT2D eigenvalue weighted by Crippen LogP contribution is 2.48. The summed E-state index contributed by atoms with van der Waals surface area (Å²) in [5.74, 6) is 0.605. The number of aliphatic imine (C=N–C) groups is 1. The smallest absolute Gasteiger partial charge is 0.191 e. The number of thiazole rings is 1. The highest BCUT2D eigenvalue weighted by atomic mass is 127. The molecule has 4 nitrogen and oxygen atoms in total. The number of aryl methyl sites for hydroxylation is 1. The maximum Gasteiger partial charge on any atom is 0.191 e. The van der Waals surface area contributed by atoms with E-state index >= 15 is 0 Å². The molecule has 0 spiro atoms. The zero-order chi connectivity index (χ0) is 16.3. The molecule has 1 heterocycles. The first-order chi connectivity index (χ1) is 11.1. The van der Waals surface area contributed by atoms with Crippen LogP contribution in [-0.2, 0) is 12.0 Å². The number of halogens is 2. The van der Waals surface area contributed by atoms with E-state index in [9.17, 15) is 4.39 Å². The van der Waals surface area contributed by atoms with Gasteiger partial charge in [0.15, 0.2) is 5.96 Å². The average Bonchev–Trinajstić information content (AvgIpc) is 3.22. The van der Waals surface area contributed by atoms with Crippen LogP contribution in [0.15, 0.2) is 35.5 Å². The quantitative estimate of drug-likeness (QED) is 0.407. The molecule has 130 valence electrons. The molecule has 24 heavy (non-hydrogen) atoms. The number of benzene rings is 1. The van der Waals surface area contributed by atoms with E-state index in [0.717, 1.165) is 29.4 Å². The third-order valence-electron chi connectivity index (χ3n) is 4.19. The van der Waals surface area contributed by atoms with Gasteiger partial charge in [-0.25, -0.2) is 9.37 Å². The summed E-state index contributed by atoms with van der Waals surface area (Å²) in [7, 11) is 1.74. The monoisotopic (exact) mass is 460 g/mol. The Morgan fingerprint density at radius 3 is 2.67 bits per heavy atom. The van der Waals surface area contributed by atoms with Crippen molar-refractivity contribution < 1.29 is 4.39 Å². The minimum absolute atomic E-state index is 0. The van der Waals surface area contributed by atoms with E-state index in [1.165, 1.54) is 10.9 Å². The lowest BCUT2D eigenvalue weighted by Gasteiger charge is -2.19. The van der Waals surface area contributed by atoms with E-state index in [0.29, 0.717) is 13.1 Å². The molecular formula is C17H22FIN4S. The first kappa shape index (κ1) is 19.1. The largest absolute Gasteiger partial charge is 0.356 e. The molecule has 1 saturated carbocycles. The Hall–Kier alpha value is -1.22. The van der Waals surface area contributed by atoms with Crippen LogP contribution in [0.3, 0.4) is 0 Å². The predicted molar refractivity (Wildman–Crippen MR) is 108 cm³/mol. The van der Waals surface area contributed by atoms with Crippen LogP contribution in [0.25, 0.3) is 0 Å². The topological polar surface area (TPSA) is 49.3 Å². The molecule has 0 radical (unpaired) electrons. The van der Waals surface area contributed by atoms with Crippen molar-refractivity contribution in [3.8, 4) is 0 Å². The molecule has 3 rings (SSSR count). The van der Waals surface area contributed by atoms with Gasteiger partial charge in [-0.1, -0.05) is 18.2 Å². The molecule has 1 aromatic heterocycles. The summed E-state index contributed by atoms with van der Waals surface area (Å²) in [5.41, 5.74) is 0.708. The van der Waals surface area contributed by atoms with Crippen molar-refractivity contribution in [2.45, 2.75) is 31.7 Å². The molecule has 1 aliphatic carbocycles. The molecule has 0 aliphatic heterocycles. The van der Waals surface area contributed by atoms with Gasteiger partial charge in [0.1, 0.15) is 10.8 Å². The zero-order valence-electron chi connectivity index (χ0n) is 13.8. The zero-order valence-corrected chi connectivity index (χ0v) is 17.0. The maximum absolute atomic E-state index is 14.0. The predicted octanol–water partition coefficient (Wildman–Crippen LogP) is 3.61. The lowest BCUT2D eigenvalue weighted by atomic mass is 9.95. The van der Waals surface area contributed by atoms with E-state index in [1.807, 2.05) is 25.3 Å². The molecule has 2 aromatic rings. The number of guanidine groups is 1. The summed E-state index contributed by atoms with van der Waals surface area (Å²) in [6.07, 6.45) is 3.88. The van der Waals surface area contributed by atoms with Gasteiger partial charge in [-0.2, -0.15) is 0 Å². The summed E-state index contributed by atoms with van der Waals surface area (Å²) in [6.45, 7) is 3.37. The standard InChI is InChI=1S/C17H21FN4S.HI/c1-12-9-20-15(23-12)10-21-16(19-2)22-11-17(7-8-17)13-5-3-4-6-14(13)18;/h3-6,9H,7-8,10-11H2,1-2H3,(H2,19,21,22);1H. The lowest BCUT2D eigenvalue weighted by molar-refractivity contribution is 0.559. The molecule has 0 saturated heterocycles. The summed E-state index contributed by atoms with van der Waals surface area (Å²) in [5, 5.41) is 7.61. The number of rotatable bonds is 5. The molecular weight excluding hydrogens is 438 g/mol. The van der Waals surface area contributed by atoms with Crippen molar-refractivity contribution in [2.75, 3.05) is 13.6 Å². The minimum atomic E-state index is -0.118. The van der Waals surface area contributed by atoms with Crippen LogP contribution in [-0.4, -0.2) is 24.5 Å². The highest BCUT2D eigenvalue weighted by molar-refractivity contribution is 14.0. The molecule has 0 atom stereocenters. The van der Waals surface area contributed by atoms with Crippen molar-refractivity contribution in [1.82, 2.24) is 15.6 Å². The van der Waals surface area contributed by atoms with Crippen LogP contribution >= 0.6 is 35.3 Å². The number of hydrogen-bond donors (Lipinski definition) is 2. The van der Waals surface area contributed by atoms with Gasteiger partial charge in [-0.15, -0.1) is 35.3 Å². The Balaban J connectivity index is 0.00000208. The van der Waals surface area contributed by atoms with Gasteiger partial charge in [0.25, 0.3) is 0 Å². The maximum atomic E-state index is 14.0. The van der Waals surface area contributed by atoms with Crippen molar-refractivity contribution in [2.24, 2.45) is 4.99 Å². The van der Waals surface area contributed by atoms with Crippen LogP contribution in [0, 0.1) is 12.7 Å². The number of aromatic nitrogens is 1. The van der Waals surface area contributed by atoms with Crippen LogP contribution in [0.1, 0.15) is 28.3 Å². The number of nitrogens with zero attached hydrogens (tertiary/aromatic N) is 2. The van der Waals surface area contributed by atoms with E-state index in [-0.39, 0.29) is 35.2 Å². The third kappa shape index (κ3) is 4.44. The second-order valence-electron chi connectivity index (χ2n) is 5.90. The van der Waals surface area contributed by atoms with Gasteiger partial charge in [0.05, 0.1) is 6.54 Å². The molecule has 1 aromatic carbocycles. The first-order valence-corrected chi connectivity index (χ1v) is 8.55. The summed E-state index contributed by atoms with van der Waals surface area (Å²) >= 11 is 1.67. The van der Waals surface area contributed by atoms with Gasteiger partial charge in [0.2, 0.25) is 0 Å². The Kier molecular flexibility index (Phi) is 6.56. The fourth-order valence-electron chi connectivity index (χ4n) is 2.70. The van der Waals surface area contributed by atoms with Gasteiger partial charge in [-0.3, -0.25) is 4.99 Å². The van der Waals surface area contributed by atoms with E-state index < -0.39 is 0 Å². The van der Waals surface area contributed by atoms with Gasteiger partial charge in [-0.05, 0) is 31.4 Å². The number of nitrogens with one attached hydrogen (secondary N) is 2. The average molecular weight is 460 g/mol. The highest BCUT2D eigenvalue weighted by Gasteiger charge is 2.45. The van der Waals surface area contributed by atoms with Crippen molar-refractivity contribution in [3.05, 3.63) is 51.7 Å². The molecule has 1 fully saturated rings.